The van der Waals surface area contributed by atoms with Gasteiger partial charge in [0.15, 0.2) is 5.78 Å². The van der Waals surface area contributed by atoms with E-state index in [9.17, 15) is 4.79 Å². The molecule has 3 rings (SSSR count). The van der Waals surface area contributed by atoms with E-state index >= 15 is 0 Å². The Morgan fingerprint density at radius 2 is 1.67 bits per heavy atom. The van der Waals surface area contributed by atoms with Gasteiger partial charge in [-0.2, -0.15) is 0 Å². The van der Waals surface area contributed by atoms with Crippen LogP contribution < -0.4 is 5.32 Å². The highest BCUT2D eigenvalue weighted by molar-refractivity contribution is 14.1. The molecule has 0 saturated carbocycles. The second-order valence-electron chi connectivity index (χ2n) is 5.28. The Kier molecular flexibility index (Phi) is 4.39. The lowest BCUT2D eigenvalue weighted by molar-refractivity contribution is -0.115. The third kappa shape index (κ3) is 3.73. The number of hydrogen-bond donors (Lipinski definition) is 1. The molecule has 2 aromatic carbocycles. The van der Waals surface area contributed by atoms with Crippen molar-refractivity contribution in [1.82, 2.24) is 0 Å². The van der Waals surface area contributed by atoms with Crippen LogP contribution in [0.2, 0.25) is 0 Å². The quantitative estimate of drug-likeness (QED) is 0.769. The summed E-state index contributed by atoms with van der Waals surface area (Å²) in [7, 11) is 0. The van der Waals surface area contributed by atoms with E-state index in [1.165, 1.54) is 9.13 Å². The molecule has 0 unspecified atom stereocenters. The molecule has 0 spiro atoms. The van der Waals surface area contributed by atoms with E-state index in [-0.39, 0.29) is 11.7 Å². The predicted molar refractivity (Wildman–Crippen MR) is 94.3 cm³/mol. The van der Waals surface area contributed by atoms with Crippen LogP contribution in [0.25, 0.3) is 0 Å². The number of ketones is 1. The van der Waals surface area contributed by atoms with Crippen LogP contribution in [0.4, 0.5) is 5.69 Å². The zero-order chi connectivity index (χ0) is 14.7. The van der Waals surface area contributed by atoms with Gasteiger partial charge in [0.25, 0.3) is 0 Å². The number of halogens is 1. The van der Waals surface area contributed by atoms with E-state index < -0.39 is 0 Å². The van der Waals surface area contributed by atoms with Gasteiger partial charge in [-0.05, 0) is 64.8 Å². The van der Waals surface area contributed by atoms with Gasteiger partial charge < -0.3 is 5.32 Å². The maximum atomic E-state index is 12.0. The Hall–Kier alpha value is -1.62. The topological polar surface area (TPSA) is 29.1 Å². The molecule has 0 heterocycles. The molecule has 1 aliphatic carbocycles. The minimum absolute atomic E-state index is 0.197. The molecule has 106 valence electrons. The molecule has 1 aliphatic rings. The van der Waals surface area contributed by atoms with Crippen LogP contribution >= 0.6 is 22.6 Å². The summed E-state index contributed by atoms with van der Waals surface area (Å²) in [6.45, 7) is 0. The Bertz CT molecular complexity index is 661. The average Bonchev–Trinajstić information content (AvgIpc) is 2.50. The minimum atomic E-state index is 0.197. The largest absolute Gasteiger partial charge is 0.359 e. The second-order valence-corrected chi connectivity index (χ2v) is 6.53. The number of rotatable bonds is 3. The normalized spacial score (nSPS) is 18.2. The van der Waals surface area contributed by atoms with Gasteiger partial charge in [-0.3, -0.25) is 4.79 Å². The van der Waals surface area contributed by atoms with Crippen LogP contribution in [0.1, 0.15) is 24.3 Å². The van der Waals surface area contributed by atoms with Crippen LogP contribution in [-0.2, 0) is 4.79 Å². The minimum Gasteiger partial charge on any atom is -0.359 e. The van der Waals surface area contributed by atoms with Crippen molar-refractivity contribution in [1.29, 1.82) is 0 Å². The molecule has 2 nitrogen and oxygen atoms in total. The van der Waals surface area contributed by atoms with E-state index in [0.29, 0.717) is 6.42 Å². The SMILES string of the molecule is O=C1C=C(Nc2ccc(I)cc2)C[C@H](c2ccccc2)C1. The van der Waals surface area contributed by atoms with Crippen LogP contribution in [0.5, 0.6) is 0 Å². The van der Waals surface area contributed by atoms with Crippen molar-refractivity contribution in [3.05, 3.63) is 75.5 Å². The summed E-state index contributed by atoms with van der Waals surface area (Å²) < 4.78 is 1.20. The summed E-state index contributed by atoms with van der Waals surface area (Å²) in [5.41, 5.74) is 3.27. The highest BCUT2D eigenvalue weighted by Crippen LogP contribution is 2.31. The Morgan fingerprint density at radius 3 is 2.38 bits per heavy atom. The number of nitrogens with one attached hydrogen (secondary N) is 1. The van der Waals surface area contributed by atoms with Crippen LogP contribution in [0.3, 0.4) is 0 Å². The highest BCUT2D eigenvalue weighted by atomic mass is 127. The summed E-state index contributed by atoms with van der Waals surface area (Å²) in [4.78, 5) is 12.0. The molecule has 0 aromatic heterocycles. The highest BCUT2D eigenvalue weighted by Gasteiger charge is 2.22. The molecule has 0 aliphatic heterocycles. The molecule has 1 atom stereocenters. The maximum Gasteiger partial charge on any atom is 0.158 e. The number of hydrogen-bond acceptors (Lipinski definition) is 2. The summed E-state index contributed by atoms with van der Waals surface area (Å²) in [5.74, 6) is 0.471. The fourth-order valence-corrected chi connectivity index (χ4v) is 3.02. The molecule has 0 bridgehead atoms. The number of carbonyl (C=O) groups is 1. The molecule has 2 aromatic rings. The zero-order valence-electron chi connectivity index (χ0n) is 11.6. The fraction of sp³-hybridized carbons (Fsp3) is 0.167. The Balaban J connectivity index is 1.76. The second kappa shape index (κ2) is 6.43. The summed E-state index contributed by atoms with van der Waals surface area (Å²) in [5, 5.41) is 3.38. The Labute approximate surface area is 138 Å². The zero-order valence-corrected chi connectivity index (χ0v) is 13.7. The van der Waals surface area contributed by atoms with Gasteiger partial charge in [0.05, 0.1) is 0 Å². The van der Waals surface area contributed by atoms with Gasteiger partial charge in [0, 0.05) is 27.5 Å². The monoisotopic (exact) mass is 389 g/mol. The first kappa shape index (κ1) is 14.3. The van der Waals surface area contributed by atoms with Crippen molar-refractivity contribution in [2.45, 2.75) is 18.8 Å². The summed E-state index contributed by atoms with van der Waals surface area (Å²) in [6.07, 6.45) is 3.22. The van der Waals surface area contributed by atoms with Crippen molar-refractivity contribution in [2.75, 3.05) is 5.32 Å². The number of allylic oxidation sites excluding steroid dienone is 2. The summed E-state index contributed by atoms with van der Waals surface area (Å²) >= 11 is 2.28. The average molecular weight is 389 g/mol. The third-order valence-electron chi connectivity index (χ3n) is 3.67. The van der Waals surface area contributed by atoms with E-state index in [0.717, 1.165) is 17.8 Å². The first-order chi connectivity index (χ1) is 10.2. The standard InChI is InChI=1S/C18H16INO/c19-15-6-8-16(9-7-15)20-17-10-14(11-18(21)12-17)13-4-2-1-3-5-13/h1-9,12,14,20H,10-11H2/t14-/m0/s1. The lowest BCUT2D eigenvalue weighted by Gasteiger charge is -2.23. The maximum absolute atomic E-state index is 12.0. The molecular formula is C18H16INO. The van der Waals surface area contributed by atoms with E-state index in [1.807, 2.05) is 30.3 Å². The molecule has 0 radical (unpaired) electrons. The number of carbonyl (C=O) groups excluding carboxylic acids is 1. The van der Waals surface area contributed by atoms with E-state index in [4.69, 9.17) is 0 Å². The molecule has 0 amide bonds. The van der Waals surface area contributed by atoms with E-state index in [1.54, 1.807) is 6.08 Å². The number of anilines is 1. The van der Waals surface area contributed by atoms with Gasteiger partial charge in [-0.15, -0.1) is 0 Å². The number of benzene rings is 2. The third-order valence-corrected chi connectivity index (χ3v) is 4.39. The molecule has 3 heteroatoms. The van der Waals surface area contributed by atoms with Crippen LogP contribution in [0.15, 0.2) is 66.4 Å². The smallest absolute Gasteiger partial charge is 0.158 e. The van der Waals surface area contributed by atoms with Crippen molar-refractivity contribution in [3.8, 4) is 0 Å². The van der Waals surface area contributed by atoms with Gasteiger partial charge in [0.2, 0.25) is 0 Å². The molecule has 0 fully saturated rings. The van der Waals surface area contributed by atoms with Crippen LogP contribution in [-0.4, -0.2) is 5.78 Å². The van der Waals surface area contributed by atoms with Gasteiger partial charge in [-0.1, -0.05) is 30.3 Å². The predicted octanol–water partition coefficient (Wildman–Crippen LogP) is 4.73. The van der Waals surface area contributed by atoms with E-state index in [2.05, 4.69) is 52.2 Å². The van der Waals surface area contributed by atoms with Gasteiger partial charge in [0.1, 0.15) is 0 Å². The van der Waals surface area contributed by atoms with Crippen molar-refractivity contribution in [3.63, 3.8) is 0 Å². The molecule has 21 heavy (non-hydrogen) atoms. The van der Waals surface area contributed by atoms with Crippen molar-refractivity contribution >= 4 is 34.1 Å². The first-order valence-corrected chi connectivity index (χ1v) is 8.09. The molecule has 1 N–H and O–H groups in total. The molecule has 0 saturated heterocycles. The summed E-state index contributed by atoms with van der Waals surface area (Å²) in [6, 6.07) is 18.5. The lowest BCUT2D eigenvalue weighted by Crippen LogP contribution is -2.16. The van der Waals surface area contributed by atoms with Crippen LogP contribution in [0, 0.1) is 3.57 Å². The lowest BCUT2D eigenvalue weighted by atomic mass is 9.85. The van der Waals surface area contributed by atoms with Gasteiger partial charge >= 0.3 is 0 Å². The van der Waals surface area contributed by atoms with Crippen molar-refractivity contribution < 1.29 is 4.79 Å². The van der Waals surface area contributed by atoms with Gasteiger partial charge in [-0.25, -0.2) is 0 Å². The first-order valence-electron chi connectivity index (χ1n) is 7.01. The molecular weight excluding hydrogens is 373 g/mol. The van der Waals surface area contributed by atoms with Crippen molar-refractivity contribution in [2.24, 2.45) is 0 Å². The Morgan fingerprint density at radius 1 is 0.952 bits per heavy atom. The fourth-order valence-electron chi connectivity index (χ4n) is 2.66.